The molecule has 1 heterocycles. The van der Waals surface area contributed by atoms with Crippen molar-refractivity contribution in [2.24, 2.45) is 18.0 Å². The third-order valence-corrected chi connectivity index (χ3v) is 5.14. The van der Waals surface area contributed by atoms with Crippen LogP contribution in [0.2, 0.25) is 0 Å². The number of halogens is 1. The zero-order valence-corrected chi connectivity index (χ0v) is 19.3. The number of guanidine groups is 1. The Hall–Kier alpha value is -1.57. The predicted octanol–water partition coefficient (Wildman–Crippen LogP) is 3.97. The van der Waals surface area contributed by atoms with E-state index in [1.807, 2.05) is 18.8 Å². The first-order chi connectivity index (χ1) is 12.5. The van der Waals surface area contributed by atoms with Crippen LogP contribution in [0.25, 0.3) is 0 Å². The standard InChI is InChI=1S/C21H31N5.HI/c1-15(2)20-18(14-26(5)24-20)13-25(4)21(22-3)23-12-17-11-19(17)16-9-7-6-8-10-16;/h6-10,14-15,17,19H,11-13H2,1-5H3,(H,22,23);1H. The third-order valence-electron chi connectivity index (χ3n) is 5.14. The number of nitrogens with one attached hydrogen (secondary N) is 1. The van der Waals surface area contributed by atoms with Crippen LogP contribution in [0.4, 0.5) is 0 Å². The molecule has 0 bridgehead atoms. The van der Waals surface area contributed by atoms with E-state index in [1.165, 1.54) is 23.2 Å². The van der Waals surface area contributed by atoms with Gasteiger partial charge in [-0.3, -0.25) is 9.67 Å². The lowest BCUT2D eigenvalue weighted by Gasteiger charge is -2.22. The molecule has 0 saturated heterocycles. The SMILES string of the molecule is CN=C(NCC1CC1c1ccccc1)N(C)Cc1cn(C)nc1C(C)C.I. The van der Waals surface area contributed by atoms with Crippen molar-refractivity contribution in [2.75, 3.05) is 20.6 Å². The molecule has 2 aromatic rings. The van der Waals surface area contributed by atoms with Gasteiger partial charge in [-0.05, 0) is 29.7 Å². The lowest BCUT2D eigenvalue weighted by Crippen LogP contribution is -2.39. The maximum absolute atomic E-state index is 4.61. The van der Waals surface area contributed by atoms with Gasteiger partial charge in [-0.15, -0.1) is 24.0 Å². The molecule has 1 fully saturated rings. The fraction of sp³-hybridized carbons (Fsp3) is 0.524. The molecular weight excluding hydrogens is 449 g/mol. The summed E-state index contributed by atoms with van der Waals surface area (Å²) < 4.78 is 1.91. The molecule has 0 amide bonds. The predicted molar refractivity (Wildman–Crippen MR) is 123 cm³/mol. The van der Waals surface area contributed by atoms with Gasteiger partial charge >= 0.3 is 0 Å². The van der Waals surface area contributed by atoms with Crippen LogP contribution in [0, 0.1) is 5.92 Å². The molecule has 148 valence electrons. The monoisotopic (exact) mass is 481 g/mol. The molecule has 3 rings (SSSR count). The average Bonchev–Trinajstić information content (AvgIpc) is 3.30. The van der Waals surface area contributed by atoms with Crippen molar-refractivity contribution < 1.29 is 0 Å². The van der Waals surface area contributed by atoms with Gasteiger partial charge in [0, 0.05) is 46.0 Å². The van der Waals surface area contributed by atoms with Crippen LogP contribution in [0.1, 0.15) is 48.9 Å². The Morgan fingerprint density at radius 2 is 2.04 bits per heavy atom. The number of hydrogen-bond acceptors (Lipinski definition) is 2. The second-order valence-corrected chi connectivity index (χ2v) is 7.67. The van der Waals surface area contributed by atoms with Crippen molar-refractivity contribution in [3.63, 3.8) is 0 Å². The first-order valence-corrected chi connectivity index (χ1v) is 9.48. The van der Waals surface area contributed by atoms with Gasteiger partial charge in [-0.1, -0.05) is 44.2 Å². The van der Waals surface area contributed by atoms with E-state index >= 15 is 0 Å². The van der Waals surface area contributed by atoms with E-state index in [1.54, 1.807) is 0 Å². The second-order valence-electron chi connectivity index (χ2n) is 7.67. The van der Waals surface area contributed by atoms with E-state index in [0.29, 0.717) is 17.8 Å². The van der Waals surface area contributed by atoms with E-state index in [-0.39, 0.29) is 24.0 Å². The number of rotatable bonds is 6. The van der Waals surface area contributed by atoms with Gasteiger partial charge in [0.15, 0.2) is 5.96 Å². The number of aryl methyl sites for hydroxylation is 1. The molecule has 1 aromatic carbocycles. The first-order valence-electron chi connectivity index (χ1n) is 9.48. The summed E-state index contributed by atoms with van der Waals surface area (Å²) in [6.45, 7) is 6.17. The van der Waals surface area contributed by atoms with E-state index in [4.69, 9.17) is 0 Å². The minimum Gasteiger partial charge on any atom is -0.356 e. The molecule has 1 aliphatic rings. The summed E-state index contributed by atoms with van der Waals surface area (Å²) in [5, 5.41) is 8.16. The Bertz CT molecular complexity index is 753. The molecule has 5 nitrogen and oxygen atoms in total. The molecule has 2 atom stereocenters. The number of benzene rings is 1. The highest BCUT2D eigenvalue weighted by Crippen LogP contribution is 2.46. The summed E-state index contributed by atoms with van der Waals surface area (Å²) in [5.74, 6) is 2.76. The third kappa shape index (κ3) is 5.46. The van der Waals surface area contributed by atoms with E-state index in [0.717, 1.165) is 19.0 Å². The minimum absolute atomic E-state index is 0. The molecule has 1 aliphatic carbocycles. The van der Waals surface area contributed by atoms with Gasteiger partial charge in [0.05, 0.1) is 5.69 Å². The minimum atomic E-state index is 0. The molecular formula is C21H32IN5. The van der Waals surface area contributed by atoms with Crippen molar-refractivity contribution in [3.05, 3.63) is 53.3 Å². The van der Waals surface area contributed by atoms with Gasteiger partial charge in [0.2, 0.25) is 0 Å². The molecule has 1 N–H and O–H groups in total. The summed E-state index contributed by atoms with van der Waals surface area (Å²) in [6, 6.07) is 10.8. The van der Waals surface area contributed by atoms with Crippen LogP contribution in [-0.4, -0.2) is 41.3 Å². The smallest absolute Gasteiger partial charge is 0.193 e. The highest BCUT2D eigenvalue weighted by atomic mass is 127. The summed E-state index contributed by atoms with van der Waals surface area (Å²) in [4.78, 5) is 6.65. The molecule has 27 heavy (non-hydrogen) atoms. The Morgan fingerprint density at radius 1 is 1.33 bits per heavy atom. The molecule has 0 aliphatic heterocycles. The normalized spacial score (nSPS) is 19.0. The Labute approximate surface area is 180 Å². The van der Waals surface area contributed by atoms with Crippen LogP contribution < -0.4 is 5.32 Å². The summed E-state index contributed by atoms with van der Waals surface area (Å²) in [5.41, 5.74) is 3.89. The van der Waals surface area contributed by atoms with Gasteiger partial charge < -0.3 is 10.2 Å². The first kappa shape index (κ1) is 21.7. The fourth-order valence-corrected chi connectivity index (χ4v) is 3.68. The molecule has 1 aromatic heterocycles. The van der Waals surface area contributed by atoms with Crippen molar-refractivity contribution in [2.45, 2.75) is 38.6 Å². The molecule has 2 unspecified atom stereocenters. The molecule has 1 saturated carbocycles. The largest absolute Gasteiger partial charge is 0.356 e. The van der Waals surface area contributed by atoms with Gasteiger partial charge in [-0.25, -0.2) is 0 Å². The highest BCUT2D eigenvalue weighted by Gasteiger charge is 2.38. The zero-order valence-electron chi connectivity index (χ0n) is 17.0. The van der Waals surface area contributed by atoms with Crippen molar-refractivity contribution in [1.82, 2.24) is 20.0 Å². The van der Waals surface area contributed by atoms with E-state index < -0.39 is 0 Å². The Balaban J connectivity index is 0.00000261. The van der Waals surface area contributed by atoms with Gasteiger partial charge in [0.25, 0.3) is 0 Å². The van der Waals surface area contributed by atoms with Gasteiger partial charge in [0.1, 0.15) is 0 Å². The lowest BCUT2D eigenvalue weighted by molar-refractivity contribution is 0.471. The summed E-state index contributed by atoms with van der Waals surface area (Å²) in [6.07, 6.45) is 3.38. The maximum Gasteiger partial charge on any atom is 0.193 e. The van der Waals surface area contributed by atoms with Crippen LogP contribution in [0.15, 0.2) is 41.5 Å². The summed E-state index contributed by atoms with van der Waals surface area (Å²) >= 11 is 0. The topological polar surface area (TPSA) is 45.5 Å². The number of aromatic nitrogens is 2. The van der Waals surface area contributed by atoms with Crippen molar-refractivity contribution in [3.8, 4) is 0 Å². The fourth-order valence-electron chi connectivity index (χ4n) is 3.68. The summed E-state index contributed by atoms with van der Waals surface area (Å²) in [7, 11) is 5.93. The van der Waals surface area contributed by atoms with E-state index in [9.17, 15) is 0 Å². The average molecular weight is 481 g/mol. The van der Waals surface area contributed by atoms with Crippen molar-refractivity contribution in [1.29, 1.82) is 0 Å². The molecule has 0 spiro atoms. The van der Waals surface area contributed by atoms with Crippen molar-refractivity contribution >= 4 is 29.9 Å². The van der Waals surface area contributed by atoms with Crippen LogP contribution >= 0.6 is 24.0 Å². The van der Waals surface area contributed by atoms with Gasteiger partial charge in [-0.2, -0.15) is 5.10 Å². The zero-order chi connectivity index (χ0) is 18.7. The van der Waals surface area contributed by atoms with E-state index in [2.05, 4.69) is 77.7 Å². The van der Waals surface area contributed by atoms with Crippen LogP contribution in [0.5, 0.6) is 0 Å². The Kier molecular flexibility index (Phi) is 7.70. The molecule has 6 heteroatoms. The molecule has 0 radical (unpaired) electrons. The van der Waals surface area contributed by atoms with Crippen LogP contribution in [0.3, 0.4) is 0 Å². The number of aliphatic imine (C=N–C) groups is 1. The highest BCUT2D eigenvalue weighted by molar-refractivity contribution is 14.0. The number of hydrogen-bond donors (Lipinski definition) is 1. The quantitative estimate of drug-likeness (QED) is 0.386. The Morgan fingerprint density at radius 3 is 2.67 bits per heavy atom. The number of nitrogens with zero attached hydrogens (tertiary/aromatic N) is 4. The second kappa shape index (κ2) is 9.57. The lowest BCUT2D eigenvalue weighted by atomic mass is 10.1. The maximum atomic E-state index is 4.61. The van der Waals surface area contributed by atoms with Crippen LogP contribution in [-0.2, 0) is 13.6 Å².